The maximum Gasteiger partial charge on any atom is 0.0991 e. The van der Waals surface area contributed by atoms with Crippen LogP contribution < -0.4 is 5.32 Å². The van der Waals surface area contributed by atoms with E-state index in [1.54, 1.807) is 6.20 Å². The van der Waals surface area contributed by atoms with Crippen molar-refractivity contribution < 1.29 is 0 Å². The van der Waals surface area contributed by atoms with Crippen LogP contribution in [0.15, 0.2) is 61.2 Å². The first-order valence-corrected chi connectivity index (χ1v) is 7.57. The molecule has 112 valence electrons. The highest BCUT2D eigenvalue weighted by Crippen LogP contribution is 2.13. The number of nitrogens with zero attached hydrogens (tertiary/aromatic N) is 2. The first kappa shape index (κ1) is 14.5. The first-order valence-electron chi connectivity index (χ1n) is 7.57. The minimum Gasteiger partial charge on any atom is -0.309 e. The summed E-state index contributed by atoms with van der Waals surface area (Å²) in [6.07, 6.45) is 5.56. The molecule has 3 heteroatoms. The fourth-order valence-corrected chi connectivity index (χ4v) is 2.54. The third-order valence-electron chi connectivity index (χ3n) is 4.10. The Balaban J connectivity index is 1.59. The van der Waals surface area contributed by atoms with Crippen molar-refractivity contribution >= 4 is 0 Å². The molecular formula is C19H21N3. The van der Waals surface area contributed by atoms with Crippen LogP contribution in [0, 0.1) is 13.8 Å². The van der Waals surface area contributed by atoms with Crippen LogP contribution in [0.1, 0.15) is 22.3 Å². The van der Waals surface area contributed by atoms with E-state index in [2.05, 4.69) is 66.6 Å². The number of rotatable bonds is 5. The van der Waals surface area contributed by atoms with Crippen molar-refractivity contribution in [1.29, 1.82) is 0 Å². The number of nitrogens with one attached hydrogen (secondary N) is 1. The van der Waals surface area contributed by atoms with Crippen molar-refractivity contribution in [2.45, 2.75) is 26.9 Å². The number of aromatic nitrogens is 2. The van der Waals surface area contributed by atoms with E-state index in [0.717, 1.165) is 18.8 Å². The fourth-order valence-electron chi connectivity index (χ4n) is 2.54. The smallest absolute Gasteiger partial charge is 0.0991 e. The minimum absolute atomic E-state index is 0.873. The molecule has 0 radical (unpaired) electrons. The van der Waals surface area contributed by atoms with Crippen molar-refractivity contribution in [3.05, 3.63) is 83.4 Å². The van der Waals surface area contributed by atoms with Gasteiger partial charge in [-0.1, -0.05) is 30.3 Å². The Morgan fingerprint density at radius 2 is 1.82 bits per heavy atom. The Hall–Kier alpha value is -2.39. The highest BCUT2D eigenvalue weighted by Gasteiger charge is 2.01. The summed E-state index contributed by atoms with van der Waals surface area (Å²) in [4.78, 5) is 4.07. The molecule has 3 aromatic rings. The number of hydrogen-bond donors (Lipinski definition) is 1. The summed E-state index contributed by atoms with van der Waals surface area (Å²) in [6, 6.07) is 15.0. The molecule has 0 atom stereocenters. The van der Waals surface area contributed by atoms with E-state index in [-0.39, 0.29) is 0 Å². The van der Waals surface area contributed by atoms with Gasteiger partial charge in [-0.2, -0.15) is 0 Å². The topological polar surface area (TPSA) is 29.9 Å². The Morgan fingerprint density at radius 3 is 2.55 bits per heavy atom. The molecule has 1 heterocycles. The Morgan fingerprint density at radius 1 is 1.00 bits per heavy atom. The summed E-state index contributed by atoms with van der Waals surface area (Å²) in [7, 11) is 0. The molecule has 2 aromatic carbocycles. The molecule has 1 aromatic heterocycles. The molecule has 1 N–H and O–H groups in total. The molecule has 0 amide bonds. The Bertz CT molecular complexity index is 728. The number of hydrogen-bond acceptors (Lipinski definition) is 2. The molecule has 0 bridgehead atoms. The minimum atomic E-state index is 0.873. The van der Waals surface area contributed by atoms with E-state index in [1.165, 1.54) is 22.3 Å². The highest BCUT2D eigenvalue weighted by atomic mass is 15.0. The molecule has 0 aliphatic heterocycles. The van der Waals surface area contributed by atoms with E-state index in [4.69, 9.17) is 0 Å². The van der Waals surface area contributed by atoms with Gasteiger partial charge in [0.2, 0.25) is 0 Å². The van der Waals surface area contributed by atoms with E-state index >= 15 is 0 Å². The SMILES string of the molecule is Cc1cccc(CNCc2ccc(-n3ccnc3)cc2)c1C. The van der Waals surface area contributed by atoms with E-state index in [9.17, 15) is 0 Å². The molecule has 0 spiro atoms. The second-order valence-corrected chi connectivity index (χ2v) is 5.60. The molecule has 0 unspecified atom stereocenters. The van der Waals surface area contributed by atoms with Crippen LogP contribution in [-0.4, -0.2) is 9.55 Å². The van der Waals surface area contributed by atoms with E-state index < -0.39 is 0 Å². The third kappa shape index (κ3) is 3.26. The predicted molar refractivity (Wildman–Crippen MR) is 90.0 cm³/mol. The van der Waals surface area contributed by atoms with Gasteiger partial charge in [-0.15, -0.1) is 0 Å². The quantitative estimate of drug-likeness (QED) is 0.775. The second-order valence-electron chi connectivity index (χ2n) is 5.60. The van der Waals surface area contributed by atoms with Gasteiger partial charge in [-0.25, -0.2) is 4.98 Å². The summed E-state index contributed by atoms with van der Waals surface area (Å²) >= 11 is 0. The van der Waals surface area contributed by atoms with Gasteiger partial charge in [0, 0.05) is 31.2 Å². The van der Waals surface area contributed by atoms with E-state index in [0.29, 0.717) is 0 Å². The normalized spacial score (nSPS) is 10.8. The van der Waals surface area contributed by atoms with Crippen molar-refractivity contribution in [1.82, 2.24) is 14.9 Å². The zero-order valence-corrected chi connectivity index (χ0v) is 13.1. The van der Waals surface area contributed by atoms with Crippen molar-refractivity contribution in [3.63, 3.8) is 0 Å². The summed E-state index contributed by atoms with van der Waals surface area (Å²) in [5.74, 6) is 0. The molecule has 3 nitrogen and oxygen atoms in total. The van der Waals surface area contributed by atoms with Gasteiger partial charge in [0.05, 0.1) is 6.33 Å². The lowest BCUT2D eigenvalue weighted by Gasteiger charge is -2.10. The lowest BCUT2D eigenvalue weighted by molar-refractivity contribution is 0.690. The summed E-state index contributed by atoms with van der Waals surface area (Å²) < 4.78 is 2.01. The molecular weight excluding hydrogens is 270 g/mol. The van der Waals surface area contributed by atoms with Gasteiger partial charge in [0.15, 0.2) is 0 Å². The molecule has 0 saturated carbocycles. The number of imidazole rings is 1. The molecule has 22 heavy (non-hydrogen) atoms. The zero-order valence-electron chi connectivity index (χ0n) is 13.1. The van der Waals surface area contributed by atoms with Gasteiger partial charge in [0.1, 0.15) is 0 Å². The van der Waals surface area contributed by atoms with Gasteiger partial charge >= 0.3 is 0 Å². The van der Waals surface area contributed by atoms with Gasteiger partial charge in [-0.3, -0.25) is 0 Å². The average Bonchev–Trinajstić information content (AvgIpc) is 3.07. The predicted octanol–water partition coefficient (Wildman–Crippen LogP) is 3.78. The summed E-state index contributed by atoms with van der Waals surface area (Å²) in [5, 5.41) is 3.52. The standard InChI is InChI=1S/C19H21N3/c1-15-4-3-5-18(16(15)2)13-21-12-17-6-8-19(9-7-17)22-11-10-20-14-22/h3-11,14,21H,12-13H2,1-2H3. The lowest BCUT2D eigenvalue weighted by Crippen LogP contribution is -2.13. The van der Waals surface area contributed by atoms with Crippen LogP contribution in [0.3, 0.4) is 0 Å². The zero-order chi connectivity index (χ0) is 15.4. The van der Waals surface area contributed by atoms with Crippen molar-refractivity contribution in [2.24, 2.45) is 0 Å². The molecule has 0 fully saturated rings. The van der Waals surface area contributed by atoms with Crippen LogP contribution >= 0.6 is 0 Å². The largest absolute Gasteiger partial charge is 0.309 e. The van der Waals surface area contributed by atoms with Gasteiger partial charge in [0.25, 0.3) is 0 Å². The number of aryl methyl sites for hydroxylation is 1. The monoisotopic (exact) mass is 291 g/mol. The summed E-state index contributed by atoms with van der Waals surface area (Å²) in [6.45, 7) is 6.12. The molecule has 0 aliphatic rings. The lowest BCUT2D eigenvalue weighted by atomic mass is 10.0. The van der Waals surface area contributed by atoms with Crippen LogP contribution in [0.4, 0.5) is 0 Å². The Kier molecular flexibility index (Phi) is 4.35. The van der Waals surface area contributed by atoms with Crippen molar-refractivity contribution in [3.8, 4) is 5.69 Å². The second kappa shape index (κ2) is 6.58. The molecule has 0 aliphatic carbocycles. The average molecular weight is 291 g/mol. The van der Waals surface area contributed by atoms with E-state index in [1.807, 2.05) is 17.1 Å². The molecule has 3 rings (SSSR count). The maximum absolute atomic E-state index is 4.07. The first-order chi connectivity index (χ1) is 10.7. The van der Waals surface area contributed by atoms with Crippen LogP contribution in [-0.2, 0) is 13.1 Å². The maximum atomic E-state index is 4.07. The van der Waals surface area contributed by atoms with Crippen molar-refractivity contribution in [2.75, 3.05) is 0 Å². The van der Waals surface area contributed by atoms with Crippen LogP contribution in [0.2, 0.25) is 0 Å². The van der Waals surface area contributed by atoms with Gasteiger partial charge in [-0.05, 0) is 48.2 Å². The molecule has 0 saturated heterocycles. The third-order valence-corrected chi connectivity index (χ3v) is 4.10. The summed E-state index contributed by atoms with van der Waals surface area (Å²) in [5.41, 5.74) is 6.52. The number of benzene rings is 2. The van der Waals surface area contributed by atoms with Crippen LogP contribution in [0.25, 0.3) is 5.69 Å². The highest BCUT2D eigenvalue weighted by molar-refractivity contribution is 5.35. The van der Waals surface area contributed by atoms with Crippen LogP contribution in [0.5, 0.6) is 0 Å². The van der Waals surface area contributed by atoms with Gasteiger partial charge < -0.3 is 9.88 Å². The fraction of sp³-hybridized carbons (Fsp3) is 0.211. The Labute approximate surface area is 131 Å².